The van der Waals surface area contributed by atoms with E-state index in [4.69, 9.17) is 4.43 Å². The van der Waals surface area contributed by atoms with Crippen molar-refractivity contribution in [3.63, 3.8) is 0 Å². The largest absolute Gasteiger partial charge is 0.539 e. The number of carbonyl (C=O) groups excluding carboxylic acids is 1. The first kappa shape index (κ1) is 15.4. The molecule has 104 valence electrons. The van der Waals surface area contributed by atoms with Gasteiger partial charge in [-0.05, 0) is 30.3 Å². The second-order valence-corrected chi connectivity index (χ2v) is 10.7. The van der Waals surface area contributed by atoms with E-state index in [0.29, 0.717) is 6.29 Å². The van der Waals surface area contributed by atoms with Crippen LogP contribution in [-0.2, 0) is 0 Å². The van der Waals surface area contributed by atoms with Crippen molar-refractivity contribution in [2.24, 2.45) is 0 Å². The molecule has 1 aromatic rings. The molecule has 0 saturated heterocycles. The molecule has 1 rings (SSSR count). The smallest absolute Gasteiger partial charge is 0.310 e. The lowest BCUT2D eigenvalue weighted by atomic mass is 10.2. The van der Waals surface area contributed by atoms with Gasteiger partial charge in [-0.3, -0.25) is 14.9 Å². The van der Waals surface area contributed by atoms with Gasteiger partial charge >= 0.3 is 5.69 Å². The van der Waals surface area contributed by atoms with Gasteiger partial charge in [0.2, 0.25) is 0 Å². The summed E-state index contributed by atoms with van der Waals surface area (Å²) in [6.07, 6.45) is 0.586. The van der Waals surface area contributed by atoms with E-state index in [0.717, 1.165) is 0 Å². The van der Waals surface area contributed by atoms with E-state index in [-0.39, 0.29) is 22.0 Å². The van der Waals surface area contributed by atoms with Crippen molar-refractivity contribution in [1.29, 1.82) is 0 Å². The lowest BCUT2D eigenvalue weighted by Crippen LogP contribution is -2.44. The Bertz CT molecular complexity index is 506. The number of nitro groups is 1. The molecule has 0 radical (unpaired) electrons. The number of nitrogens with zero attached hydrogens (tertiary/aromatic N) is 1. The van der Waals surface area contributed by atoms with Gasteiger partial charge in [-0.25, -0.2) is 0 Å². The fraction of sp³-hybridized carbons (Fsp3) is 0.462. The molecular formula is C13H19NO4Si. The van der Waals surface area contributed by atoms with E-state index < -0.39 is 13.2 Å². The van der Waals surface area contributed by atoms with Gasteiger partial charge in [0.15, 0.2) is 5.75 Å². The number of benzene rings is 1. The molecule has 0 N–H and O–H groups in total. The van der Waals surface area contributed by atoms with Crippen molar-refractivity contribution in [3.8, 4) is 5.75 Å². The Hall–Kier alpha value is -1.69. The number of carbonyl (C=O) groups is 1. The van der Waals surface area contributed by atoms with Crippen molar-refractivity contribution in [2.45, 2.75) is 38.9 Å². The van der Waals surface area contributed by atoms with Crippen LogP contribution in [-0.4, -0.2) is 19.5 Å². The molecule has 0 amide bonds. The predicted molar refractivity (Wildman–Crippen MR) is 76.3 cm³/mol. The topological polar surface area (TPSA) is 69.4 Å². The first-order valence-corrected chi connectivity index (χ1v) is 8.92. The maximum atomic E-state index is 11.1. The summed E-state index contributed by atoms with van der Waals surface area (Å²) < 4.78 is 5.94. The third-order valence-corrected chi connectivity index (χ3v) is 7.83. The zero-order valence-electron chi connectivity index (χ0n) is 11.9. The van der Waals surface area contributed by atoms with E-state index in [1.54, 1.807) is 0 Å². The van der Waals surface area contributed by atoms with Gasteiger partial charge in [-0.15, -0.1) is 0 Å². The second-order valence-electron chi connectivity index (χ2n) is 5.96. The van der Waals surface area contributed by atoms with Crippen molar-refractivity contribution < 1.29 is 14.1 Å². The maximum Gasteiger partial charge on any atom is 0.310 e. The summed E-state index contributed by atoms with van der Waals surface area (Å²) in [4.78, 5) is 21.2. The fourth-order valence-electron chi connectivity index (χ4n) is 1.26. The quantitative estimate of drug-likeness (QED) is 0.364. The van der Waals surface area contributed by atoms with Gasteiger partial charge in [-0.1, -0.05) is 20.8 Å². The minimum Gasteiger partial charge on any atom is -0.539 e. The summed E-state index contributed by atoms with van der Waals surface area (Å²) in [5.41, 5.74) is 0.115. The Balaban J connectivity index is 3.21. The lowest BCUT2D eigenvalue weighted by molar-refractivity contribution is -0.385. The highest BCUT2D eigenvalue weighted by molar-refractivity contribution is 6.74. The maximum absolute atomic E-state index is 11.1. The molecule has 0 unspecified atom stereocenters. The van der Waals surface area contributed by atoms with Gasteiger partial charge in [-0.2, -0.15) is 0 Å². The molecule has 0 bridgehead atoms. The molecule has 0 heterocycles. The zero-order valence-corrected chi connectivity index (χ0v) is 12.9. The molecular weight excluding hydrogens is 262 g/mol. The van der Waals surface area contributed by atoms with E-state index >= 15 is 0 Å². The second kappa shape index (κ2) is 5.12. The van der Waals surface area contributed by atoms with Crippen molar-refractivity contribution >= 4 is 20.3 Å². The molecule has 0 aliphatic rings. The van der Waals surface area contributed by atoms with Gasteiger partial charge < -0.3 is 4.43 Å². The van der Waals surface area contributed by atoms with Gasteiger partial charge in [0.25, 0.3) is 8.32 Å². The van der Waals surface area contributed by atoms with E-state index in [9.17, 15) is 14.9 Å². The van der Waals surface area contributed by atoms with Crippen LogP contribution in [0.3, 0.4) is 0 Å². The molecule has 0 aromatic heterocycles. The molecule has 0 atom stereocenters. The number of nitro benzene ring substituents is 1. The molecule has 6 heteroatoms. The van der Waals surface area contributed by atoms with Crippen LogP contribution in [0.15, 0.2) is 18.2 Å². The van der Waals surface area contributed by atoms with Gasteiger partial charge in [0, 0.05) is 11.6 Å². The minimum atomic E-state index is -2.14. The first-order chi connectivity index (χ1) is 8.58. The molecule has 0 spiro atoms. The highest BCUT2D eigenvalue weighted by Gasteiger charge is 2.40. The normalized spacial score (nSPS) is 12.1. The van der Waals surface area contributed by atoms with Gasteiger partial charge in [0.1, 0.15) is 6.29 Å². The molecule has 19 heavy (non-hydrogen) atoms. The average Bonchev–Trinajstić information content (AvgIpc) is 2.27. The summed E-state index contributed by atoms with van der Waals surface area (Å²) in [5, 5.41) is 11.0. The molecule has 0 aliphatic heterocycles. The van der Waals surface area contributed by atoms with Crippen molar-refractivity contribution in [1.82, 2.24) is 0 Å². The Kier molecular flexibility index (Phi) is 4.14. The molecule has 0 fully saturated rings. The predicted octanol–water partition coefficient (Wildman–Crippen LogP) is 3.79. The first-order valence-electron chi connectivity index (χ1n) is 6.01. The highest BCUT2D eigenvalue weighted by Crippen LogP contribution is 2.39. The number of hydrogen-bond donors (Lipinski definition) is 0. The minimum absolute atomic E-state index is 0.0514. The number of hydrogen-bond acceptors (Lipinski definition) is 4. The molecule has 1 aromatic carbocycles. The number of aldehydes is 1. The third kappa shape index (κ3) is 3.41. The van der Waals surface area contributed by atoms with Crippen LogP contribution in [0.1, 0.15) is 31.1 Å². The van der Waals surface area contributed by atoms with Crippen molar-refractivity contribution in [3.05, 3.63) is 33.9 Å². The van der Waals surface area contributed by atoms with Crippen LogP contribution in [0.25, 0.3) is 0 Å². The van der Waals surface area contributed by atoms with Crippen molar-refractivity contribution in [2.75, 3.05) is 0 Å². The molecule has 0 saturated carbocycles. The van der Waals surface area contributed by atoms with Crippen LogP contribution in [0.4, 0.5) is 5.69 Å². The SMILES string of the molecule is CC(C)(C)[Si](C)(C)Oc1ccc(C=O)cc1[N+](=O)[O-]. The Morgan fingerprint density at radius 2 is 1.89 bits per heavy atom. The Morgan fingerprint density at radius 3 is 2.32 bits per heavy atom. The van der Waals surface area contributed by atoms with Crippen LogP contribution >= 0.6 is 0 Å². The highest BCUT2D eigenvalue weighted by atomic mass is 28.4. The standard InChI is InChI=1S/C13H19NO4Si/c1-13(2,3)19(4,5)18-12-7-6-10(9-15)8-11(12)14(16)17/h6-9H,1-5H3. The summed E-state index contributed by atoms with van der Waals surface area (Å²) in [6.45, 7) is 10.2. The van der Waals surface area contributed by atoms with Crippen LogP contribution in [0, 0.1) is 10.1 Å². The lowest BCUT2D eigenvalue weighted by Gasteiger charge is -2.36. The van der Waals surface area contributed by atoms with Crippen LogP contribution in [0.2, 0.25) is 18.1 Å². The van der Waals surface area contributed by atoms with E-state index in [2.05, 4.69) is 20.8 Å². The zero-order chi connectivity index (χ0) is 14.8. The Morgan fingerprint density at radius 1 is 1.32 bits per heavy atom. The molecule has 0 aliphatic carbocycles. The van der Waals surface area contributed by atoms with Crippen LogP contribution < -0.4 is 4.43 Å². The van der Waals surface area contributed by atoms with E-state index in [1.807, 2.05) is 13.1 Å². The Labute approximate surface area is 113 Å². The monoisotopic (exact) mass is 281 g/mol. The summed E-state index contributed by atoms with van der Waals surface area (Å²) >= 11 is 0. The summed E-state index contributed by atoms with van der Waals surface area (Å²) in [5.74, 6) is 0.238. The third-order valence-electron chi connectivity index (χ3n) is 3.49. The summed E-state index contributed by atoms with van der Waals surface area (Å²) in [6, 6.07) is 4.28. The van der Waals surface area contributed by atoms with Gasteiger partial charge in [0.05, 0.1) is 4.92 Å². The van der Waals surface area contributed by atoms with E-state index in [1.165, 1.54) is 18.2 Å². The summed E-state index contributed by atoms with van der Waals surface area (Å²) in [7, 11) is -2.14. The average molecular weight is 281 g/mol. The molecule has 5 nitrogen and oxygen atoms in total. The van der Waals surface area contributed by atoms with Crippen LogP contribution in [0.5, 0.6) is 5.75 Å². The number of rotatable bonds is 4. The fourth-order valence-corrected chi connectivity index (χ4v) is 2.29.